The molecule has 0 aliphatic carbocycles. The Morgan fingerprint density at radius 2 is 1.93 bits per heavy atom. The molecule has 0 bridgehead atoms. The standard InChI is InChI=1S/C9H18NO3P/c1-4-7-8-9-10-14(11,12-5-2)13-6-3/h4,7-8H,1,5-6,9H2,2-3H3,(H,10,11)/b8-7-. The van der Waals surface area contributed by atoms with Crippen molar-refractivity contribution >= 4 is 7.75 Å². The molecule has 4 nitrogen and oxygen atoms in total. The molecule has 0 spiro atoms. The SMILES string of the molecule is C=C/C=C\CNP(=O)(OCC)OCC. The molecule has 0 aromatic carbocycles. The van der Waals surface area contributed by atoms with Gasteiger partial charge in [-0.1, -0.05) is 24.8 Å². The zero-order valence-electron chi connectivity index (χ0n) is 8.73. The van der Waals surface area contributed by atoms with Crippen LogP contribution in [0.5, 0.6) is 0 Å². The van der Waals surface area contributed by atoms with Crippen LogP contribution in [0.15, 0.2) is 24.8 Å². The Morgan fingerprint density at radius 3 is 2.36 bits per heavy atom. The molecule has 82 valence electrons. The quantitative estimate of drug-likeness (QED) is 0.503. The molecule has 0 atom stereocenters. The number of nitrogens with one attached hydrogen (secondary N) is 1. The average Bonchev–Trinajstić information content (AvgIpc) is 2.13. The molecule has 0 aliphatic heterocycles. The van der Waals surface area contributed by atoms with Gasteiger partial charge in [-0.05, 0) is 13.8 Å². The summed E-state index contributed by atoms with van der Waals surface area (Å²) in [6.07, 6.45) is 5.20. The second-order valence-corrected chi connectivity index (χ2v) is 4.19. The maximum atomic E-state index is 11.8. The van der Waals surface area contributed by atoms with Crippen molar-refractivity contribution < 1.29 is 13.6 Å². The highest BCUT2D eigenvalue weighted by molar-refractivity contribution is 7.51. The van der Waals surface area contributed by atoms with Gasteiger partial charge in [0.15, 0.2) is 0 Å². The molecule has 0 rings (SSSR count). The van der Waals surface area contributed by atoms with E-state index >= 15 is 0 Å². The topological polar surface area (TPSA) is 47.6 Å². The summed E-state index contributed by atoms with van der Waals surface area (Å²) in [4.78, 5) is 0. The van der Waals surface area contributed by atoms with Gasteiger partial charge in [-0.25, -0.2) is 9.65 Å². The fourth-order valence-electron chi connectivity index (χ4n) is 0.797. The highest BCUT2D eigenvalue weighted by Gasteiger charge is 2.21. The number of rotatable bonds is 8. The van der Waals surface area contributed by atoms with Gasteiger partial charge < -0.3 is 0 Å². The minimum Gasteiger partial charge on any atom is -0.297 e. The molecule has 0 heterocycles. The van der Waals surface area contributed by atoms with Gasteiger partial charge in [0, 0.05) is 6.54 Å². The van der Waals surface area contributed by atoms with Crippen LogP contribution in [0.1, 0.15) is 13.8 Å². The van der Waals surface area contributed by atoms with E-state index in [9.17, 15) is 4.57 Å². The van der Waals surface area contributed by atoms with Gasteiger partial charge >= 0.3 is 7.75 Å². The molecule has 0 radical (unpaired) electrons. The summed E-state index contributed by atoms with van der Waals surface area (Å²) in [5.74, 6) is 0. The van der Waals surface area contributed by atoms with E-state index in [1.165, 1.54) is 0 Å². The number of allylic oxidation sites excluding steroid dienone is 2. The molecule has 0 fully saturated rings. The van der Waals surface area contributed by atoms with E-state index in [0.29, 0.717) is 19.8 Å². The van der Waals surface area contributed by atoms with E-state index in [4.69, 9.17) is 9.05 Å². The van der Waals surface area contributed by atoms with Crippen LogP contribution in [0.25, 0.3) is 0 Å². The van der Waals surface area contributed by atoms with Crippen LogP contribution in [0.3, 0.4) is 0 Å². The summed E-state index contributed by atoms with van der Waals surface area (Å²) in [6.45, 7) is 8.21. The summed E-state index contributed by atoms with van der Waals surface area (Å²) in [5.41, 5.74) is 0. The molecule has 0 saturated carbocycles. The molecule has 5 heteroatoms. The lowest BCUT2D eigenvalue weighted by Gasteiger charge is -2.16. The van der Waals surface area contributed by atoms with Gasteiger partial charge in [-0.3, -0.25) is 9.05 Å². The second kappa shape index (κ2) is 7.94. The van der Waals surface area contributed by atoms with Crippen molar-refractivity contribution in [1.82, 2.24) is 5.09 Å². The first-order valence-electron chi connectivity index (χ1n) is 4.60. The van der Waals surface area contributed by atoms with Gasteiger partial charge in [0.25, 0.3) is 0 Å². The first-order valence-corrected chi connectivity index (χ1v) is 6.14. The third kappa shape index (κ3) is 6.11. The highest BCUT2D eigenvalue weighted by Crippen LogP contribution is 2.42. The largest absolute Gasteiger partial charge is 0.405 e. The van der Waals surface area contributed by atoms with Crippen molar-refractivity contribution in [3.05, 3.63) is 24.8 Å². The lowest BCUT2D eigenvalue weighted by molar-refractivity contribution is 0.212. The highest BCUT2D eigenvalue weighted by atomic mass is 31.2. The van der Waals surface area contributed by atoms with E-state index in [1.54, 1.807) is 32.1 Å². The van der Waals surface area contributed by atoms with E-state index in [-0.39, 0.29) is 0 Å². The molecule has 0 aromatic heterocycles. The van der Waals surface area contributed by atoms with Crippen LogP contribution in [-0.2, 0) is 13.6 Å². The van der Waals surface area contributed by atoms with Crippen molar-refractivity contribution in [2.45, 2.75) is 13.8 Å². The van der Waals surface area contributed by atoms with E-state index in [0.717, 1.165) is 0 Å². The average molecular weight is 219 g/mol. The van der Waals surface area contributed by atoms with Crippen LogP contribution >= 0.6 is 7.75 Å². The smallest absolute Gasteiger partial charge is 0.297 e. The molecular weight excluding hydrogens is 201 g/mol. The maximum absolute atomic E-state index is 11.8. The predicted octanol–water partition coefficient (Wildman–Crippen LogP) is 2.50. The molecule has 0 saturated heterocycles. The van der Waals surface area contributed by atoms with E-state index < -0.39 is 7.75 Å². The zero-order valence-corrected chi connectivity index (χ0v) is 9.63. The van der Waals surface area contributed by atoms with Gasteiger partial charge in [0.1, 0.15) is 0 Å². The molecule has 0 aromatic rings. The third-order valence-electron chi connectivity index (χ3n) is 1.27. The summed E-state index contributed by atoms with van der Waals surface area (Å²) < 4.78 is 21.8. The number of hydrogen-bond donors (Lipinski definition) is 1. The normalized spacial score (nSPS) is 12.1. The Morgan fingerprint density at radius 1 is 1.36 bits per heavy atom. The monoisotopic (exact) mass is 219 g/mol. The zero-order chi connectivity index (χ0) is 10.9. The van der Waals surface area contributed by atoms with E-state index in [1.807, 2.05) is 0 Å². The first-order chi connectivity index (χ1) is 6.68. The first kappa shape index (κ1) is 13.6. The Hall–Kier alpha value is -0.410. The van der Waals surface area contributed by atoms with Crippen LogP contribution in [0, 0.1) is 0 Å². The third-order valence-corrected chi connectivity index (χ3v) is 3.04. The Labute approximate surface area is 85.6 Å². The lowest BCUT2D eigenvalue weighted by atomic mass is 10.5. The summed E-state index contributed by atoms with van der Waals surface area (Å²) in [6, 6.07) is 0. The Bertz CT molecular complexity index is 218. The summed E-state index contributed by atoms with van der Waals surface area (Å²) in [5, 5.41) is 2.71. The van der Waals surface area contributed by atoms with Crippen molar-refractivity contribution in [3.8, 4) is 0 Å². The molecule has 1 N–H and O–H groups in total. The van der Waals surface area contributed by atoms with Crippen molar-refractivity contribution in [3.63, 3.8) is 0 Å². The van der Waals surface area contributed by atoms with Gasteiger partial charge in [-0.2, -0.15) is 0 Å². The van der Waals surface area contributed by atoms with Crippen LogP contribution in [-0.4, -0.2) is 19.8 Å². The van der Waals surface area contributed by atoms with Crippen molar-refractivity contribution in [2.24, 2.45) is 0 Å². The van der Waals surface area contributed by atoms with Crippen molar-refractivity contribution in [2.75, 3.05) is 19.8 Å². The van der Waals surface area contributed by atoms with Crippen LogP contribution in [0.4, 0.5) is 0 Å². The number of hydrogen-bond acceptors (Lipinski definition) is 3. The Balaban J connectivity index is 4.01. The minimum absolute atomic E-state index is 0.357. The summed E-state index contributed by atoms with van der Waals surface area (Å²) in [7, 11) is -3.10. The molecule has 0 amide bonds. The molecular formula is C9H18NO3P. The lowest BCUT2D eigenvalue weighted by Crippen LogP contribution is -2.14. The molecule has 0 aliphatic rings. The van der Waals surface area contributed by atoms with E-state index in [2.05, 4.69) is 11.7 Å². The second-order valence-electron chi connectivity index (χ2n) is 2.36. The van der Waals surface area contributed by atoms with Crippen LogP contribution in [0.2, 0.25) is 0 Å². The maximum Gasteiger partial charge on any atom is 0.405 e. The van der Waals surface area contributed by atoms with Crippen LogP contribution < -0.4 is 5.09 Å². The fourth-order valence-corrected chi connectivity index (χ4v) is 2.06. The minimum atomic E-state index is -3.10. The Kier molecular flexibility index (Phi) is 7.71. The summed E-state index contributed by atoms with van der Waals surface area (Å²) >= 11 is 0. The van der Waals surface area contributed by atoms with Gasteiger partial charge in [0.05, 0.1) is 13.2 Å². The van der Waals surface area contributed by atoms with Gasteiger partial charge in [-0.15, -0.1) is 0 Å². The van der Waals surface area contributed by atoms with Gasteiger partial charge in [0.2, 0.25) is 0 Å². The molecule has 0 unspecified atom stereocenters. The molecule has 14 heavy (non-hydrogen) atoms. The van der Waals surface area contributed by atoms with Crippen molar-refractivity contribution in [1.29, 1.82) is 0 Å². The fraction of sp³-hybridized carbons (Fsp3) is 0.556. The predicted molar refractivity (Wildman–Crippen MR) is 58.2 cm³/mol.